The molecule has 3 aromatic rings. The lowest BCUT2D eigenvalue weighted by atomic mass is 9.99. The standard InChI is InChI=1S/C20H18ClN3O4S/c21-17-2-1-3-18(12-17)23-20-22-13-19(28-20)16-6-4-14(5-7-16)15-8-10-24(11-9-15)29(25,26)27/h1-8,12-13H,9-11H2,(H,22,23)(H,25,26,27). The van der Waals surface area contributed by atoms with E-state index in [2.05, 4.69) is 10.3 Å². The highest BCUT2D eigenvalue weighted by molar-refractivity contribution is 7.83. The molecule has 0 fully saturated rings. The number of aromatic nitrogens is 1. The molecule has 2 heterocycles. The minimum atomic E-state index is -4.14. The first-order valence-corrected chi connectivity index (χ1v) is 10.7. The fourth-order valence-corrected chi connectivity index (χ4v) is 3.90. The van der Waals surface area contributed by atoms with Crippen LogP contribution in [0.25, 0.3) is 16.9 Å². The van der Waals surface area contributed by atoms with E-state index in [9.17, 15) is 8.42 Å². The van der Waals surface area contributed by atoms with Crippen molar-refractivity contribution in [3.63, 3.8) is 0 Å². The number of hydrogen-bond donors (Lipinski definition) is 2. The minimum absolute atomic E-state index is 0.163. The maximum Gasteiger partial charge on any atom is 0.336 e. The summed E-state index contributed by atoms with van der Waals surface area (Å²) in [6.45, 7) is 0.420. The first-order chi connectivity index (χ1) is 13.9. The highest BCUT2D eigenvalue weighted by Crippen LogP contribution is 2.28. The summed E-state index contributed by atoms with van der Waals surface area (Å²) in [6.07, 6.45) is 3.99. The number of benzene rings is 2. The average molecular weight is 432 g/mol. The van der Waals surface area contributed by atoms with Gasteiger partial charge in [0, 0.05) is 29.4 Å². The quantitative estimate of drug-likeness (QED) is 0.572. The Labute approximate surface area is 173 Å². The summed E-state index contributed by atoms with van der Waals surface area (Å²) >= 11 is 5.98. The number of nitrogens with one attached hydrogen (secondary N) is 1. The van der Waals surface area contributed by atoms with Crippen molar-refractivity contribution in [1.82, 2.24) is 9.29 Å². The fourth-order valence-electron chi connectivity index (χ4n) is 3.13. The summed E-state index contributed by atoms with van der Waals surface area (Å²) in [5, 5.41) is 3.69. The lowest BCUT2D eigenvalue weighted by Crippen LogP contribution is -2.34. The van der Waals surface area contributed by atoms with Crippen molar-refractivity contribution in [2.45, 2.75) is 6.42 Å². The number of nitrogens with zero attached hydrogens (tertiary/aromatic N) is 2. The lowest BCUT2D eigenvalue weighted by Gasteiger charge is -2.23. The van der Waals surface area contributed by atoms with Gasteiger partial charge in [0.25, 0.3) is 6.01 Å². The first-order valence-electron chi connectivity index (χ1n) is 8.89. The summed E-state index contributed by atoms with van der Waals surface area (Å²) in [5.74, 6) is 0.622. The van der Waals surface area contributed by atoms with Crippen molar-refractivity contribution in [3.8, 4) is 11.3 Å². The predicted molar refractivity (Wildman–Crippen MR) is 112 cm³/mol. The molecule has 2 N–H and O–H groups in total. The van der Waals surface area contributed by atoms with Crippen LogP contribution in [0, 0.1) is 0 Å². The second kappa shape index (κ2) is 8.00. The van der Waals surface area contributed by atoms with Crippen LogP contribution in [0.1, 0.15) is 12.0 Å². The number of oxazole rings is 1. The van der Waals surface area contributed by atoms with Crippen LogP contribution < -0.4 is 5.32 Å². The van der Waals surface area contributed by atoms with Crippen molar-refractivity contribution < 1.29 is 17.4 Å². The second-order valence-corrected chi connectivity index (χ2v) is 8.41. The SMILES string of the molecule is O=S(=O)(O)N1CC=C(c2ccc(-c3cnc(Nc4cccc(Cl)c4)o3)cc2)CC1. The van der Waals surface area contributed by atoms with Crippen molar-refractivity contribution in [2.75, 3.05) is 18.4 Å². The van der Waals surface area contributed by atoms with Crippen LogP contribution in [-0.4, -0.2) is 35.3 Å². The van der Waals surface area contributed by atoms with Gasteiger partial charge in [-0.1, -0.05) is 48.0 Å². The normalized spacial score (nSPS) is 15.2. The van der Waals surface area contributed by atoms with Crippen molar-refractivity contribution >= 4 is 39.2 Å². The molecule has 29 heavy (non-hydrogen) atoms. The monoisotopic (exact) mass is 431 g/mol. The van der Waals surface area contributed by atoms with Gasteiger partial charge in [-0.15, -0.1) is 0 Å². The van der Waals surface area contributed by atoms with E-state index in [1.807, 2.05) is 42.5 Å². The second-order valence-electron chi connectivity index (χ2n) is 6.56. The highest BCUT2D eigenvalue weighted by Gasteiger charge is 2.22. The average Bonchev–Trinajstić information content (AvgIpc) is 3.16. The molecule has 0 amide bonds. The van der Waals surface area contributed by atoms with Gasteiger partial charge >= 0.3 is 10.3 Å². The van der Waals surface area contributed by atoms with E-state index in [1.54, 1.807) is 18.3 Å². The largest absolute Gasteiger partial charge is 0.423 e. The van der Waals surface area contributed by atoms with Crippen LogP contribution in [0.4, 0.5) is 11.7 Å². The van der Waals surface area contributed by atoms with E-state index in [4.69, 9.17) is 20.6 Å². The van der Waals surface area contributed by atoms with Crippen LogP contribution in [0.15, 0.2) is 65.2 Å². The molecule has 0 saturated heterocycles. The molecule has 0 saturated carbocycles. The Morgan fingerprint density at radius 3 is 2.55 bits per heavy atom. The molecule has 4 rings (SSSR count). The van der Waals surface area contributed by atoms with E-state index in [-0.39, 0.29) is 13.1 Å². The Hall–Kier alpha value is -2.65. The molecule has 0 bridgehead atoms. The third-order valence-corrected chi connectivity index (χ3v) is 5.84. The molecule has 150 valence electrons. The topological polar surface area (TPSA) is 95.7 Å². The van der Waals surface area contributed by atoms with Crippen LogP contribution >= 0.6 is 11.6 Å². The number of hydrogen-bond acceptors (Lipinski definition) is 5. The maximum absolute atomic E-state index is 11.2. The molecule has 0 atom stereocenters. The molecule has 1 aliphatic heterocycles. The van der Waals surface area contributed by atoms with Gasteiger partial charge in [-0.05, 0) is 35.8 Å². The van der Waals surface area contributed by atoms with Crippen molar-refractivity contribution in [2.24, 2.45) is 0 Å². The summed E-state index contributed by atoms with van der Waals surface area (Å²) in [6, 6.07) is 15.4. The molecule has 0 spiro atoms. The van der Waals surface area contributed by atoms with Gasteiger partial charge in [0.05, 0.1) is 6.20 Å². The summed E-state index contributed by atoms with van der Waals surface area (Å²) in [5.41, 5.74) is 3.69. The Bertz CT molecular complexity index is 1160. The zero-order valence-electron chi connectivity index (χ0n) is 15.2. The highest BCUT2D eigenvalue weighted by atomic mass is 35.5. The van der Waals surface area contributed by atoms with Gasteiger partial charge in [0.2, 0.25) is 0 Å². The van der Waals surface area contributed by atoms with E-state index in [0.717, 1.165) is 26.7 Å². The zero-order chi connectivity index (χ0) is 20.4. The summed E-state index contributed by atoms with van der Waals surface area (Å²) < 4.78 is 38.3. The molecule has 7 nitrogen and oxygen atoms in total. The van der Waals surface area contributed by atoms with Crippen LogP contribution in [0.5, 0.6) is 0 Å². The van der Waals surface area contributed by atoms with Gasteiger partial charge in [0.15, 0.2) is 5.76 Å². The Kier molecular flexibility index (Phi) is 5.42. The molecule has 0 unspecified atom stereocenters. The Morgan fingerprint density at radius 2 is 1.90 bits per heavy atom. The van der Waals surface area contributed by atoms with Crippen LogP contribution in [-0.2, 0) is 10.3 Å². The molecule has 0 radical (unpaired) electrons. The van der Waals surface area contributed by atoms with E-state index < -0.39 is 10.3 Å². The van der Waals surface area contributed by atoms with Gasteiger partial charge in [-0.3, -0.25) is 4.55 Å². The molecule has 0 aliphatic carbocycles. The van der Waals surface area contributed by atoms with Crippen LogP contribution in [0.3, 0.4) is 0 Å². The van der Waals surface area contributed by atoms with Crippen molar-refractivity contribution in [3.05, 3.63) is 71.4 Å². The molecule has 9 heteroatoms. The molecular formula is C20H18ClN3O4S. The third-order valence-electron chi connectivity index (χ3n) is 4.62. The maximum atomic E-state index is 11.2. The van der Waals surface area contributed by atoms with Gasteiger partial charge < -0.3 is 9.73 Å². The van der Waals surface area contributed by atoms with E-state index >= 15 is 0 Å². The van der Waals surface area contributed by atoms with E-state index in [0.29, 0.717) is 23.2 Å². The van der Waals surface area contributed by atoms with Gasteiger partial charge in [-0.2, -0.15) is 12.7 Å². The third kappa shape index (κ3) is 4.68. The number of rotatable bonds is 5. The lowest BCUT2D eigenvalue weighted by molar-refractivity contribution is 0.369. The molecule has 1 aliphatic rings. The molecular weight excluding hydrogens is 414 g/mol. The molecule has 1 aromatic heterocycles. The van der Waals surface area contributed by atoms with E-state index in [1.165, 1.54) is 0 Å². The van der Waals surface area contributed by atoms with Gasteiger partial charge in [-0.25, -0.2) is 4.98 Å². The van der Waals surface area contributed by atoms with Gasteiger partial charge in [0.1, 0.15) is 0 Å². The fraction of sp³-hybridized carbons (Fsp3) is 0.150. The molecule has 2 aromatic carbocycles. The number of anilines is 2. The number of halogens is 1. The summed E-state index contributed by atoms with van der Waals surface area (Å²) in [7, 11) is -4.14. The van der Waals surface area contributed by atoms with Crippen LogP contribution in [0.2, 0.25) is 5.02 Å². The zero-order valence-corrected chi connectivity index (χ0v) is 16.8. The first kappa shape index (κ1) is 19.7. The predicted octanol–water partition coefficient (Wildman–Crippen LogP) is 4.63. The van der Waals surface area contributed by atoms with Crippen molar-refractivity contribution in [1.29, 1.82) is 0 Å². The minimum Gasteiger partial charge on any atom is -0.423 e. The summed E-state index contributed by atoms with van der Waals surface area (Å²) in [4.78, 5) is 4.24. The Balaban J connectivity index is 1.46. The Morgan fingerprint density at radius 1 is 1.14 bits per heavy atom. The smallest absolute Gasteiger partial charge is 0.336 e.